The molecule has 1 atom stereocenters. The number of rotatable bonds is 1. The molecular weight excluding hydrogens is 386 g/mol. The van der Waals surface area contributed by atoms with Gasteiger partial charge in [-0.1, -0.05) is 19.9 Å². The molecule has 3 aliphatic rings. The molecule has 8 nitrogen and oxygen atoms in total. The van der Waals surface area contributed by atoms with Crippen LogP contribution in [-0.2, 0) is 18.9 Å². The number of aromatic nitrogens is 2. The van der Waals surface area contributed by atoms with Crippen LogP contribution in [0.4, 0.5) is 5.82 Å². The van der Waals surface area contributed by atoms with E-state index in [1.165, 1.54) is 11.6 Å². The van der Waals surface area contributed by atoms with Gasteiger partial charge in [-0.25, -0.2) is 4.79 Å². The van der Waals surface area contributed by atoms with Crippen LogP contribution in [0.15, 0.2) is 39.1 Å². The molecule has 0 amide bonds. The Bertz CT molecular complexity index is 1260. The summed E-state index contributed by atoms with van der Waals surface area (Å²) >= 11 is 0. The molecule has 0 bridgehead atoms. The lowest BCUT2D eigenvalue weighted by Gasteiger charge is -2.39. The number of carbonyl (C=O) groups excluding carboxylic acids is 1. The van der Waals surface area contributed by atoms with E-state index in [0.29, 0.717) is 41.3 Å². The topological polar surface area (TPSA) is 91.6 Å². The van der Waals surface area contributed by atoms with Crippen molar-refractivity contribution in [3.8, 4) is 11.5 Å². The van der Waals surface area contributed by atoms with Gasteiger partial charge in [0.25, 0.3) is 5.56 Å². The number of ketones is 1. The number of Topliss-reactive ketones (excluding diaryl/α,β-unsaturated/α-hetero) is 1. The largest absolute Gasteiger partial charge is 0.454 e. The minimum atomic E-state index is -0.583. The fraction of sp³-hybridized carbons (Fsp3) is 0.409. The molecule has 1 aromatic heterocycles. The molecule has 1 N–H and O–H groups in total. The van der Waals surface area contributed by atoms with E-state index in [0.717, 1.165) is 15.8 Å². The van der Waals surface area contributed by atoms with Gasteiger partial charge in [0.1, 0.15) is 5.82 Å². The second kappa shape index (κ2) is 6.10. The molecule has 0 unspecified atom stereocenters. The number of nitrogens with zero attached hydrogens (tertiary/aromatic N) is 2. The number of hydrogen-bond acceptors (Lipinski definition) is 6. The summed E-state index contributed by atoms with van der Waals surface area (Å²) in [5.41, 5.74) is 1.49. The fourth-order valence-electron chi connectivity index (χ4n) is 4.78. The lowest BCUT2D eigenvalue weighted by molar-refractivity contribution is -0.118. The number of carbonyl (C=O) groups is 1. The van der Waals surface area contributed by atoms with Crippen LogP contribution in [0.1, 0.15) is 43.7 Å². The lowest BCUT2D eigenvalue weighted by atomic mass is 9.69. The van der Waals surface area contributed by atoms with Crippen LogP contribution in [0, 0.1) is 5.41 Å². The van der Waals surface area contributed by atoms with Crippen molar-refractivity contribution in [1.82, 2.24) is 9.13 Å². The number of hydrogen-bond donors (Lipinski definition) is 1. The molecule has 0 spiro atoms. The second-order valence-electron chi connectivity index (χ2n) is 8.97. The highest BCUT2D eigenvalue weighted by Gasteiger charge is 2.43. The second-order valence-corrected chi connectivity index (χ2v) is 8.97. The maximum Gasteiger partial charge on any atom is 0.332 e. The first-order valence-corrected chi connectivity index (χ1v) is 9.91. The Morgan fingerprint density at radius 3 is 2.53 bits per heavy atom. The van der Waals surface area contributed by atoms with Gasteiger partial charge in [-0.05, 0) is 29.5 Å². The van der Waals surface area contributed by atoms with E-state index in [4.69, 9.17) is 9.47 Å². The van der Waals surface area contributed by atoms with Crippen molar-refractivity contribution in [2.75, 3.05) is 12.1 Å². The van der Waals surface area contributed by atoms with Crippen molar-refractivity contribution >= 4 is 11.6 Å². The maximum absolute atomic E-state index is 13.3. The first kappa shape index (κ1) is 18.7. The Morgan fingerprint density at radius 1 is 1.03 bits per heavy atom. The highest BCUT2D eigenvalue weighted by molar-refractivity contribution is 6.01. The first-order chi connectivity index (χ1) is 14.2. The molecule has 8 heteroatoms. The fourth-order valence-corrected chi connectivity index (χ4v) is 4.78. The summed E-state index contributed by atoms with van der Waals surface area (Å²) in [6, 6.07) is 5.48. The summed E-state index contributed by atoms with van der Waals surface area (Å²) in [5.74, 6) is 1.08. The Kier molecular flexibility index (Phi) is 3.81. The zero-order valence-corrected chi connectivity index (χ0v) is 17.4. The molecule has 0 saturated carbocycles. The van der Waals surface area contributed by atoms with E-state index in [1.807, 2.05) is 26.0 Å². The number of nitrogens with one attached hydrogen (secondary N) is 1. The van der Waals surface area contributed by atoms with E-state index in [2.05, 4.69) is 5.32 Å². The summed E-state index contributed by atoms with van der Waals surface area (Å²) < 4.78 is 13.5. The quantitative estimate of drug-likeness (QED) is 0.775. The molecule has 2 aliphatic heterocycles. The number of allylic oxidation sites excluding steroid dienone is 2. The van der Waals surface area contributed by atoms with Crippen molar-refractivity contribution in [1.29, 1.82) is 0 Å². The van der Waals surface area contributed by atoms with Crippen LogP contribution in [0.3, 0.4) is 0 Å². The summed E-state index contributed by atoms with van der Waals surface area (Å²) in [6.45, 7) is 4.23. The van der Waals surface area contributed by atoms with Crippen LogP contribution < -0.4 is 26.0 Å². The summed E-state index contributed by atoms with van der Waals surface area (Å²) in [7, 11) is 3.09. The molecule has 1 aromatic carbocycles. The molecule has 1 aliphatic carbocycles. The van der Waals surface area contributed by atoms with Crippen molar-refractivity contribution in [2.45, 2.75) is 32.6 Å². The number of anilines is 1. The van der Waals surface area contributed by atoms with Crippen LogP contribution in [0.5, 0.6) is 11.5 Å². The standard InChI is InChI=1S/C22H23N3O5/c1-22(2)8-12-17(13(26)9-22)16(11-5-6-14-15(7-11)30-10-29-14)18-19(23-12)24(3)21(28)25(4)20(18)27/h5-7,16,23H,8-10H2,1-4H3/t16-/m1/s1. The van der Waals surface area contributed by atoms with Crippen molar-refractivity contribution in [3.05, 3.63) is 61.4 Å². The molecule has 5 rings (SSSR count). The predicted octanol–water partition coefficient (Wildman–Crippen LogP) is 2.01. The van der Waals surface area contributed by atoms with Crippen molar-refractivity contribution < 1.29 is 14.3 Å². The zero-order chi connectivity index (χ0) is 21.4. The Labute approximate surface area is 172 Å². The smallest absolute Gasteiger partial charge is 0.332 e. The van der Waals surface area contributed by atoms with Crippen LogP contribution >= 0.6 is 0 Å². The normalized spacial score (nSPS) is 21.2. The summed E-state index contributed by atoms with van der Waals surface area (Å²) in [6.07, 6.45) is 1.05. The van der Waals surface area contributed by atoms with Gasteiger partial charge < -0.3 is 14.8 Å². The average molecular weight is 409 g/mol. The van der Waals surface area contributed by atoms with E-state index in [1.54, 1.807) is 13.1 Å². The van der Waals surface area contributed by atoms with E-state index < -0.39 is 17.2 Å². The SMILES string of the molecule is Cn1c2c(c(=O)n(C)c1=O)[C@H](c1ccc3c(c1)OCO3)C1=C(CC(C)(C)CC1=O)N2. The van der Waals surface area contributed by atoms with Gasteiger partial charge in [0.2, 0.25) is 6.79 Å². The van der Waals surface area contributed by atoms with Gasteiger partial charge in [0.15, 0.2) is 17.3 Å². The van der Waals surface area contributed by atoms with Gasteiger partial charge in [0, 0.05) is 37.7 Å². The molecule has 0 fully saturated rings. The number of benzene rings is 1. The molecule has 3 heterocycles. The summed E-state index contributed by atoms with van der Waals surface area (Å²) in [4.78, 5) is 39.1. The monoisotopic (exact) mass is 409 g/mol. The highest BCUT2D eigenvalue weighted by Crippen LogP contribution is 2.48. The third-order valence-electron chi connectivity index (χ3n) is 6.20. The first-order valence-electron chi connectivity index (χ1n) is 9.91. The molecule has 156 valence electrons. The van der Waals surface area contributed by atoms with Gasteiger partial charge in [-0.15, -0.1) is 0 Å². The van der Waals surface area contributed by atoms with E-state index in [-0.39, 0.29) is 18.0 Å². The minimum Gasteiger partial charge on any atom is -0.454 e. The van der Waals surface area contributed by atoms with Crippen LogP contribution in [-0.4, -0.2) is 21.7 Å². The van der Waals surface area contributed by atoms with E-state index >= 15 is 0 Å². The third kappa shape index (κ3) is 2.56. The Hall–Kier alpha value is -3.29. The Balaban J connectivity index is 1.82. The predicted molar refractivity (Wildman–Crippen MR) is 110 cm³/mol. The maximum atomic E-state index is 13.3. The van der Waals surface area contributed by atoms with E-state index in [9.17, 15) is 14.4 Å². The van der Waals surface area contributed by atoms with Gasteiger partial charge in [-0.2, -0.15) is 0 Å². The van der Waals surface area contributed by atoms with Crippen LogP contribution in [0.2, 0.25) is 0 Å². The average Bonchev–Trinajstić information content (AvgIpc) is 3.16. The van der Waals surface area contributed by atoms with Crippen LogP contribution in [0.25, 0.3) is 0 Å². The minimum absolute atomic E-state index is 0.0120. The third-order valence-corrected chi connectivity index (χ3v) is 6.20. The Morgan fingerprint density at radius 2 is 1.77 bits per heavy atom. The van der Waals surface area contributed by atoms with Crippen molar-refractivity contribution in [2.24, 2.45) is 19.5 Å². The molecular formula is C22H23N3O5. The van der Waals surface area contributed by atoms with Gasteiger partial charge in [0.05, 0.1) is 5.56 Å². The zero-order valence-electron chi connectivity index (χ0n) is 17.4. The lowest BCUT2D eigenvalue weighted by Crippen LogP contribution is -2.45. The number of fused-ring (bicyclic) bond motifs is 2. The molecule has 2 aromatic rings. The summed E-state index contributed by atoms with van der Waals surface area (Å²) in [5, 5.41) is 3.27. The number of ether oxygens (including phenoxy) is 2. The molecule has 0 radical (unpaired) electrons. The molecule has 0 saturated heterocycles. The van der Waals surface area contributed by atoms with Crippen molar-refractivity contribution in [3.63, 3.8) is 0 Å². The van der Waals surface area contributed by atoms with Gasteiger partial charge in [-0.3, -0.25) is 18.7 Å². The molecule has 30 heavy (non-hydrogen) atoms. The van der Waals surface area contributed by atoms with Gasteiger partial charge >= 0.3 is 5.69 Å². The highest BCUT2D eigenvalue weighted by atomic mass is 16.7.